The zero-order valence-electron chi connectivity index (χ0n) is 17.8. The average molecular weight is 439 g/mol. The number of ether oxygens (including phenoxy) is 1. The first kappa shape index (κ1) is 22.4. The van der Waals surface area contributed by atoms with Crippen molar-refractivity contribution in [2.75, 3.05) is 10.0 Å². The molecule has 0 aliphatic rings. The maximum Gasteiger partial charge on any atom is 0.265 e. The highest BCUT2D eigenvalue weighted by molar-refractivity contribution is 7.92. The van der Waals surface area contributed by atoms with Crippen LogP contribution in [0.4, 0.5) is 11.4 Å². The van der Waals surface area contributed by atoms with Gasteiger partial charge < -0.3 is 10.1 Å². The van der Waals surface area contributed by atoms with Crippen molar-refractivity contribution in [3.8, 4) is 5.75 Å². The van der Waals surface area contributed by atoms with E-state index in [9.17, 15) is 13.2 Å². The van der Waals surface area contributed by atoms with Gasteiger partial charge >= 0.3 is 0 Å². The number of anilines is 2. The van der Waals surface area contributed by atoms with E-state index in [2.05, 4.69) is 10.0 Å². The van der Waals surface area contributed by atoms with E-state index in [1.165, 1.54) is 12.1 Å². The highest BCUT2D eigenvalue weighted by Gasteiger charge is 2.19. The zero-order chi connectivity index (χ0) is 22.4. The Morgan fingerprint density at radius 3 is 2.16 bits per heavy atom. The first-order chi connectivity index (χ1) is 14.8. The predicted octanol–water partition coefficient (Wildman–Crippen LogP) is 4.90. The van der Waals surface area contributed by atoms with Crippen LogP contribution in [0.1, 0.15) is 24.5 Å². The normalized spacial score (nSPS) is 12.1. The van der Waals surface area contributed by atoms with E-state index in [1.54, 1.807) is 36.4 Å². The van der Waals surface area contributed by atoms with E-state index >= 15 is 0 Å². The van der Waals surface area contributed by atoms with Gasteiger partial charge in [-0.25, -0.2) is 8.42 Å². The van der Waals surface area contributed by atoms with Crippen LogP contribution in [0.2, 0.25) is 0 Å². The molecule has 0 radical (unpaired) electrons. The number of rotatable bonds is 8. The third-order valence-corrected chi connectivity index (χ3v) is 6.27. The number of carbonyl (C=O) groups is 1. The van der Waals surface area contributed by atoms with Crippen LogP contribution < -0.4 is 14.8 Å². The van der Waals surface area contributed by atoms with Gasteiger partial charge in [-0.3, -0.25) is 9.52 Å². The number of para-hydroxylation sites is 1. The van der Waals surface area contributed by atoms with Crippen molar-refractivity contribution in [2.45, 2.75) is 38.2 Å². The number of carbonyl (C=O) groups excluding carboxylic acids is 1. The monoisotopic (exact) mass is 438 g/mol. The molecule has 0 unspecified atom stereocenters. The summed E-state index contributed by atoms with van der Waals surface area (Å²) in [6.07, 6.45) is -0.162. The lowest BCUT2D eigenvalue weighted by molar-refractivity contribution is -0.122. The number of hydrogen-bond donors (Lipinski definition) is 2. The summed E-state index contributed by atoms with van der Waals surface area (Å²) in [6, 6.07) is 20.5. The van der Waals surface area contributed by atoms with Crippen LogP contribution in [0.15, 0.2) is 77.7 Å². The van der Waals surface area contributed by atoms with Gasteiger partial charge in [-0.2, -0.15) is 0 Å². The van der Waals surface area contributed by atoms with Gasteiger partial charge in [0, 0.05) is 11.4 Å². The van der Waals surface area contributed by atoms with E-state index in [0.717, 1.165) is 11.1 Å². The Balaban J connectivity index is 1.67. The molecule has 0 aliphatic heterocycles. The van der Waals surface area contributed by atoms with Crippen LogP contribution >= 0.6 is 0 Å². The number of benzene rings is 3. The third kappa shape index (κ3) is 5.86. The second-order valence-electron chi connectivity index (χ2n) is 7.25. The zero-order valence-corrected chi connectivity index (χ0v) is 18.6. The standard InChI is InChI=1S/C24H26N2O4S/c1-4-23(30-21-8-6-5-7-9-21)24(27)25-19-12-14-22(15-13-19)31(28,29)26-20-11-10-17(2)18(3)16-20/h5-16,23,26H,4H2,1-3H3,(H,25,27)/t23-/m0/s1. The number of hydrogen-bond acceptors (Lipinski definition) is 4. The number of amides is 1. The summed E-state index contributed by atoms with van der Waals surface area (Å²) in [6.45, 7) is 5.76. The SMILES string of the molecule is CC[C@H](Oc1ccccc1)C(=O)Nc1ccc(S(=O)(=O)Nc2ccc(C)c(C)c2)cc1. The molecule has 0 heterocycles. The summed E-state index contributed by atoms with van der Waals surface area (Å²) < 4.78 is 33.7. The summed E-state index contributed by atoms with van der Waals surface area (Å²) >= 11 is 0. The second-order valence-corrected chi connectivity index (χ2v) is 8.93. The molecule has 0 saturated carbocycles. The van der Waals surface area contributed by atoms with Crippen molar-refractivity contribution >= 4 is 27.3 Å². The lowest BCUT2D eigenvalue weighted by atomic mass is 10.1. The van der Waals surface area contributed by atoms with Crippen LogP contribution in [-0.2, 0) is 14.8 Å². The van der Waals surface area contributed by atoms with Crippen LogP contribution in [0, 0.1) is 13.8 Å². The van der Waals surface area contributed by atoms with Gasteiger partial charge in [0.15, 0.2) is 6.10 Å². The maximum absolute atomic E-state index is 12.7. The fourth-order valence-corrected chi connectivity index (χ4v) is 3.99. The Kier molecular flexibility index (Phi) is 6.97. The van der Waals surface area contributed by atoms with Gasteiger partial charge in [0.2, 0.25) is 0 Å². The molecule has 3 aromatic rings. The second kappa shape index (κ2) is 9.66. The highest BCUT2D eigenvalue weighted by Crippen LogP contribution is 2.21. The molecule has 7 heteroatoms. The Morgan fingerprint density at radius 1 is 0.903 bits per heavy atom. The largest absolute Gasteiger partial charge is 0.481 e. The lowest BCUT2D eigenvalue weighted by Gasteiger charge is -2.17. The summed E-state index contributed by atoms with van der Waals surface area (Å²) in [5.74, 6) is 0.318. The van der Waals surface area contributed by atoms with Gasteiger partial charge in [0.05, 0.1) is 4.90 Å². The van der Waals surface area contributed by atoms with Crippen LogP contribution in [0.3, 0.4) is 0 Å². The lowest BCUT2D eigenvalue weighted by Crippen LogP contribution is -2.32. The van der Waals surface area contributed by atoms with Gasteiger partial charge in [-0.1, -0.05) is 31.2 Å². The summed E-state index contributed by atoms with van der Waals surface area (Å²) in [5, 5.41) is 2.78. The summed E-state index contributed by atoms with van der Waals surface area (Å²) in [5.41, 5.74) is 3.08. The Labute approximate surface area is 183 Å². The first-order valence-electron chi connectivity index (χ1n) is 10.0. The molecule has 31 heavy (non-hydrogen) atoms. The van der Waals surface area contributed by atoms with Crippen LogP contribution in [0.25, 0.3) is 0 Å². The summed E-state index contributed by atoms with van der Waals surface area (Å²) in [7, 11) is -3.74. The van der Waals surface area contributed by atoms with Crippen molar-refractivity contribution in [3.63, 3.8) is 0 Å². The molecule has 3 aromatic carbocycles. The quantitative estimate of drug-likeness (QED) is 0.524. The number of nitrogens with one attached hydrogen (secondary N) is 2. The molecule has 0 saturated heterocycles. The first-order valence-corrected chi connectivity index (χ1v) is 11.5. The molecule has 2 N–H and O–H groups in total. The molecular weight excluding hydrogens is 412 g/mol. The molecule has 0 aromatic heterocycles. The maximum atomic E-state index is 12.7. The summed E-state index contributed by atoms with van der Waals surface area (Å²) in [4.78, 5) is 12.7. The van der Waals surface area contributed by atoms with E-state index in [-0.39, 0.29) is 10.8 Å². The van der Waals surface area contributed by atoms with Gasteiger partial charge in [-0.15, -0.1) is 0 Å². The molecule has 1 amide bonds. The minimum absolute atomic E-state index is 0.108. The Morgan fingerprint density at radius 2 is 1.55 bits per heavy atom. The smallest absolute Gasteiger partial charge is 0.265 e. The number of sulfonamides is 1. The van der Waals surface area contributed by atoms with E-state index < -0.39 is 16.1 Å². The molecule has 6 nitrogen and oxygen atoms in total. The van der Waals surface area contributed by atoms with Crippen molar-refractivity contribution in [2.24, 2.45) is 0 Å². The molecule has 162 valence electrons. The highest BCUT2D eigenvalue weighted by atomic mass is 32.2. The van der Waals surface area contributed by atoms with Gasteiger partial charge in [0.1, 0.15) is 5.75 Å². The van der Waals surface area contributed by atoms with Crippen molar-refractivity contribution in [1.29, 1.82) is 0 Å². The molecule has 0 fully saturated rings. The predicted molar refractivity (Wildman–Crippen MR) is 123 cm³/mol. The topological polar surface area (TPSA) is 84.5 Å². The minimum atomic E-state index is -3.74. The van der Waals surface area contributed by atoms with Gasteiger partial charge in [-0.05, 0) is 79.9 Å². The molecule has 0 spiro atoms. The molecule has 3 rings (SSSR count). The van der Waals surface area contributed by atoms with Crippen molar-refractivity contribution in [3.05, 3.63) is 83.9 Å². The van der Waals surface area contributed by atoms with Crippen LogP contribution in [-0.4, -0.2) is 20.4 Å². The molecule has 0 bridgehead atoms. The fraction of sp³-hybridized carbons (Fsp3) is 0.208. The minimum Gasteiger partial charge on any atom is -0.481 e. The molecule has 1 atom stereocenters. The van der Waals surface area contributed by atoms with Gasteiger partial charge in [0.25, 0.3) is 15.9 Å². The Hall–Kier alpha value is -3.32. The van der Waals surface area contributed by atoms with Crippen LogP contribution in [0.5, 0.6) is 5.75 Å². The fourth-order valence-electron chi connectivity index (χ4n) is 2.94. The number of aryl methyl sites for hydroxylation is 2. The van der Waals surface area contributed by atoms with Crippen molar-refractivity contribution in [1.82, 2.24) is 0 Å². The van der Waals surface area contributed by atoms with E-state index in [0.29, 0.717) is 23.5 Å². The van der Waals surface area contributed by atoms with Crippen molar-refractivity contribution < 1.29 is 17.9 Å². The molecular formula is C24H26N2O4S. The van der Waals surface area contributed by atoms with E-state index in [1.807, 2.05) is 45.0 Å². The van der Waals surface area contributed by atoms with E-state index in [4.69, 9.17) is 4.74 Å². The average Bonchev–Trinajstić information content (AvgIpc) is 2.75. The molecule has 0 aliphatic carbocycles. The Bertz CT molecular complexity index is 1140. The third-order valence-electron chi connectivity index (χ3n) is 4.88.